The molecule has 4 nitrogen and oxygen atoms in total. The predicted molar refractivity (Wildman–Crippen MR) is 53.6 cm³/mol. The Hall–Kier alpha value is -1.03. The SMILES string of the molecule is CC(C)c1nn(CCC(=O)O)cc1Cl. The molecule has 0 aliphatic rings. The van der Waals surface area contributed by atoms with E-state index in [-0.39, 0.29) is 12.3 Å². The van der Waals surface area contributed by atoms with Crippen LogP contribution in [0.2, 0.25) is 5.02 Å². The second-order valence-electron chi connectivity index (χ2n) is 3.42. The van der Waals surface area contributed by atoms with E-state index >= 15 is 0 Å². The van der Waals surface area contributed by atoms with Gasteiger partial charge in [0, 0.05) is 6.20 Å². The van der Waals surface area contributed by atoms with E-state index in [0.29, 0.717) is 11.6 Å². The van der Waals surface area contributed by atoms with E-state index < -0.39 is 5.97 Å². The standard InChI is InChI=1S/C9H13ClN2O2/c1-6(2)9-7(10)5-12(11-9)4-3-8(13)14/h5-6H,3-4H2,1-2H3,(H,13,14). The van der Waals surface area contributed by atoms with Crippen LogP contribution in [0.1, 0.15) is 31.9 Å². The first-order chi connectivity index (χ1) is 6.50. The van der Waals surface area contributed by atoms with Gasteiger partial charge in [-0.1, -0.05) is 25.4 Å². The number of carbonyl (C=O) groups is 1. The fraction of sp³-hybridized carbons (Fsp3) is 0.556. The molecule has 0 bridgehead atoms. The van der Waals surface area contributed by atoms with Crippen LogP contribution in [0.15, 0.2) is 6.20 Å². The lowest BCUT2D eigenvalue weighted by atomic mass is 10.1. The summed E-state index contributed by atoms with van der Waals surface area (Å²) >= 11 is 5.92. The molecular weight excluding hydrogens is 204 g/mol. The highest BCUT2D eigenvalue weighted by molar-refractivity contribution is 6.31. The van der Waals surface area contributed by atoms with E-state index in [2.05, 4.69) is 5.10 Å². The van der Waals surface area contributed by atoms with Crippen molar-refractivity contribution < 1.29 is 9.90 Å². The highest BCUT2D eigenvalue weighted by atomic mass is 35.5. The summed E-state index contributed by atoms with van der Waals surface area (Å²) in [5, 5.41) is 13.3. The van der Waals surface area contributed by atoms with Crippen LogP contribution in [0.25, 0.3) is 0 Å². The lowest BCUT2D eigenvalue weighted by Crippen LogP contribution is -2.05. The first-order valence-electron chi connectivity index (χ1n) is 4.45. The molecule has 0 spiro atoms. The summed E-state index contributed by atoms with van der Waals surface area (Å²) in [7, 11) is 0. The molecule has 1 aromatic rings. The molecule has 1 heterocycles. The zero-order valence-corrected chi connectivity index (χ0v) is 8.95. The summed E-state index contributed by atoms with van der Waals surface area (Å²) < 4.78 is 1.58. The molecule has 0 saturated heterocycles. The molecule has 0 fully saturated rings. The van der Waals surface area contributed by atoms with Gasteiger partial charge in [0.25, 0.3) is 0 Å². The van der Waals surface area contributed by atoms with Crippen molar-refractivity contribution >= 4 is 17.6 Å². The Bertz CT molecular complexity index is 334. The maximum atomic E-state index is 10.3. The molecule has 5 heteroatoms. The zero-order valence-electron chi connectivity index (χ0n) is 8.20. The van der Waals surface area contributed by atoms with Crippen molar-refractivity contribution in [2.45, 2.75) is 32.7 Å². The van der Waals surface area contributed by atoms with Gasteiger partial charge in [-0.25, -0.2) is 0 Å². The van der Waals surface area contributed by atoms with Crippen molar-refractivity contribution in [3.63, 3.8) is 0 Å². The molecule has 0 aromatic carbocycles. The van der Waals surface area contributed by atoms with Gasteiger partial charge in [0.15, 0.2) is 0 Å². The van der Waals surface area contributed by atoms with Gasteiger partial charge >= 0.3 is 5.97 Å². The highest BCUT2D eigenvalue weighted by Crippen LogP contribution is 2.21. The topological polar surface area (TPSA) is 55.1 Å². The number of aromatic nitrogens is 2. The van der Waals surface area contributed by atoms with Crippen molar-refractivity contribution in [3.8, 4) is 0 Å². The van der Waals surface area contributed by atoms with Crippen LogP contribution in [0.5, 0.6) is 0 Å². The lowest BCUT2D eigenvalue weighted by Gasteiger charge is -1.99. The highest BCUT2D eigenvalue weighted by Gasteiger charge is 2.10. The van der Waals surface area contributed by atoms with Gasteiger partial charge in [-0.05, 0) is 5.92 Å². The smallest absolute Gasteiger partial charge is 0.305 e. The normalized spacial score (nSPS) is 10.9. The van der Waals surface area contributed by atoms with Gasteiger partial charge in [0.05, 0.1) is 23.7 Å². The summed E-state index contributed by atoms with van der Waals surface area (Å²) in [6.07, 6.45) is 1.73. The fourth-order valence-corrected chi connectivity index (χ4v) is 1.50. The predicted octanol–water partition coefficient (Wildman–Crippen LogP) is 2.13. The molecule has 78 valence electrons. The van der Waals surface area contributed by atoms with Gasteiger partial charge in [0.1, 0.15) is 0 Å². The minimum atomic E-state index is -0.831. The van der Waals surface area contributed by atoms with Crippen molar-refractivity contribution in [3.05, 3.63) is 16.9 Å². The third-order valence-corrected chi connectivity index (χ3v) is 2.14. The number of hydrogen-bond donors (Lipinski definition) is 1. The lowest BCUT2D eigenvalue weighted by molar-refractivity contribution is -0.137. The molecule has 0 unspecified atom stereocenters. The van der Waals surface area contributed by atoms with Crippen LogP contribution in [-0.2, 0) is 11.3 Å². The number of hydrogen-bond acceptors (Lipinski definition) is 2. The van der Waals surface area contributed by atoms with Crippen molar-refractivity contribution in [2.75, 3.05) is 0 Å². The molecule has 1 N–H and O–H groups in total. The van der Waals surface area contributed by atoms with Crippen LogP contribution in [0, 0.1) is 0 Å². The van der Waals surface area contributed by atoms with Crippen LogP contribution < -0.4 is 0 Å². The second-order valence-corrected chi connectivity index (χ2v) is 3.83. The summed E-state index contributed by atoms with van der Waals surface area (Å²) in [4.78, 5) is 10.3. The quantitative estimate of drug-likeness (QED) is 0.839. The van der Waals surface area contributed by atoms with E-state index in [4.69, 9.17) is 16.7 Å². The Morgan fingerprint density at radius 2 is 2.36 bits per heavy atom. The molecule has 0 amide bonds. The van der Waals surface area contributed by atoms with Crippen molar-refractivity contribution in [2.24, 2.45) is 0 Å². The number of aryl methyl sites for hydroxylation is 1. The van der Waals surface area contributed by atoms with Gasteiger partial charge in [-0.2, -0.15) is 5.10 Å². The Balaban J connectivity index is 2.71. The molecule has 0 saturated carbocycles. The maximum absolute atomic E-state index is 10.3. The number of halogens is 1. The number of nitrogens with zero attached hydrogens (tertiary/aromatic N) is 2. The Kier molecular flexibility index (Phi) is 3.52. The minimum absolute atomic E-state index is 0.0650. The van der Waals surface area contributed by atoms with Crippen molar-refractivity contribution in [1.29, 1.82) is 0 Å². The van der Waals surface area contributed by atoms with Crippen LogP contribution >= 0.6 is 11.6 Å². The molecule has 0 radical (unpaired) electrons. The van der Waals surface area contributed by atoms with Crippen LogP contribution in [0.4, 0.5) is 0 Å². The van der Waals surface area contributed by atoms with E-state index in [9.17, 15) is 4.79 Å². The number of carboxylic acid groups (broad SMARTS) is 1. The largest absolute Gasteiger partial charge is 0.481 e. The second kappa shape index (κ2) is 4.46. The maximum Gasteiger partial charge on any atom is 0.305 e. The number of aliphatic carboxylic acids is 1. The Morgan fingerprint density at radius 3 is 2.79 bits per heavy atom. The van der Waals surface area contributed by atoms with Gasteiger partial charge in [-0.15, -0.1) is 0 Å². The minimum Gasteiger partial charge on any atom is -0.481 e. The Labute approximate surface area is 87.5 Å². The molecule has 0 atom stereocenters. The molecular formula is C9H13ClN2O2. The number of rotatable bonds is 4. The summed E-state index contributed by atoms with van der Waals surface area (Å²) in [6, 6.07) is 0. The third-order valence-electron chi connectivity index (χ3n) is 1.84. The monoisotopic (exact) mass is 216 g/mol. The van der Waals surface area contributed by atoms with Gasteiger partial charge in [-0.3, -0.25) is 9.48 Å². The summed E-state index contributed by atoms with van der Waals surface area (Å²) in [6.45, 7) is 4.35. The van der Waals surface area contributed by atoms with E-state index in [1.165, 1.54) is 0 Å². The van der Waals surface area contributed by atoms with Crippen molar-refractivity contribution in [1.82, 2.24) is 9.78 Å². The number of carboxylic acids is 1. The molecule has 0 aliphatic heterocycles. The summed E-state index contributed by atoms with van der Waals surface area (Å²) in [5.74, 6) is -0.573. The molecule has 14 heavy (non-hydrogen) atoms. The molecule has 1 aromatic heterocycles. The van der Waals surface area contributed by atoms with Gasteiger partial charge < -0.3 is 5.11 Å². The zero-order chi connectivity index (χ0) is 10.7. The average molecular weight is 217 g/mol. The van der Waals surface area contributed by atoms with Crippen LogP contribution in [0.3, 0.4) is 0 Å². The van der Waals surface area contributed by atoms with Gasteiger partial charge in [0.2, 0.25) is 0 Å². The molecule has 1 rings (SSSR count). The van der Waals surface area contributed by atoms with E-state index in [0.717, 1.165) is 5.69 Å². The first-order valence-corrected chi connectivity index (χ1v) is 4.83. The van der Waals surface area contributed by atoms with Crippen LogP contribution in [-0.4, -0.2) is 20.9 Å². The van der Waals surface area contributed by atoms with E-state index in [1.807, 2.05) is 13.8 Å². The third kappa shape index (κ3) is 2.73. The Morgan fingerprint density at radius 1 is 1.71 bits per heavy atom. The first kappa shape index (κ1) is 11.0. The average Bonchev–Trinajstić information content (AvgIpc) is 2.43. The van der Waals surface area contributed by atoms with E-state index in [1.54, 1.807) is 10.9 Å². The summed E-state index contributed by atoms with van der Waals surface area (Å²) in [5.41, 5.74) is 0.817. The fourth-order valence-electron chi connectivity index (χ4n) is 1.13. The molecule has 0 aliphatic carbocycles.